The highest BCUT2D eigenvalue weighted by Crippen LogP contribution is 2.68. The standard InChI is InChI=1S/C35H35ClF2N3O9P/c1-40(19-7-6-18-36)51(47,49-21-25-16-17-32(50-25)41(45)46)35(37,38)24-14-12-23(13-15-24)20-31(33(42)43)39-34(44)48-22-30-28-10-4-2-8-26(28)27-9-3-5-11-29(27)30/h2-5,8-17,30-31H,6-7,18-22H2,1H3,(H,39,44)(H,42,43)/t31-,51?/m0/s1. The minimum absolute atomic E-state index is 0.0325. The number of carbonyl (C=O) groups excluding carboxylic acids is 1. The molecule has 270 valence electrons. The molecule has 1 amide bonds. The number of amides is 1. The maximum absolute atomic E-state index is 16.1. The third kappa shape index (κ3) is 8.31. The first kappa shape index (κ1) is 37.6. The first-order valence-corrected chi connectivity index (χ1v) is 18.0. The molecule has 0 bridgehead atoms. The monoisotopic (exact) mass is 745 g/mol. The molecule has 1 heterocycles. The van der Waals surface area contributed by atoms with Gasteiger partial charge >= 0.3 is 31.1 Å². The van der Waals surface area contributed by atoms with Gasteiger partial charge in [-0.1, -0.05) is 72.8 Å². The predicted molar refractivity (Wildman–Crippen MR) is 184 cm³/mol. The summed E-state index contributed by atoms with van der Waals surface area (Å²) in [5.41, 5.74) is -0.436. The summed E-state index contributed by atoms with van der Waals surface area (Å²) in [6, 6.07) is 20.7. The second-order valence-corrected chi connectivity index (χ2v) is 14.8. The number of benzene rings is 3. The number of alkyl carbamates (subject to hydrolysis) is 1. The molecular weight excluding hydrogens is 711 g/mol. The van der Waals surface area contributed by atoms with Crippen molar-refractivity contribution < 1.29 is 46.6 Å². The van der Waals surface area contributed by atoms with Crippen LogP contribution in [0.5, 0.6) is 0 Å². The van der Waals surface area contributed by atoms with E-state index in [1.807, 2.05) is 48.5 Å². The van der Waals surface area contributed by atoms with Crippen molar-refractivity contribution in [3.8, 4) is 11.1 Å². The van der Waals surface area contributed by atoms with E-state index >= 15 is 8.78 Å². The second kappa shape index (κ2) is 16.2. The molecule has 3 aromatic carbocycles. The van der Waals surface area contributed by atoms with E-state index in [-0.39, 0.29) is 42.7 Å². The summed E-state index contributed by atoms with van der Waals surface area (Å²) in [5.74, 6) is -2.15. The molecule has 5 rings (SSSR count). The average Bonchev–Trinajstić information content (AvgIpc) is 3.73. The lowest BCUT2D eigenvalue weighted by molar-refractivity contribution is -0.402. The van der Waals surface area contributed by atoms with Gasteiger partial charge in [-0.25, -0.2) is 14.3 Å². The van der Waals surface area contributed by atoms with Gasteiger partial charge < -0.3 is 24.1 Å². The van der Waals surface area contributed by atoms with Gasteiger partial charge in [0.25, 0.3) is 0 Å². The van der Waals surface area contributed by atoms with Gasteiger partial charge in [0.1, 0.15) is 29.9 Å². The molecule has 16 heteroatoms. The molecule has 0 radical (unpaired) electrons. The van der Waals surface area contributed by atoms with E-state index in [4.69, 9.17) is 25.3 Å². The second-order valence-electron chi connectivity index (χ2n) is 11.9. The van der Waals surface area contributed by atoms with Crippen molar-refractivity contribution in [2.75, 3.05) is 26.1 Å². The van der Waals surface area contributed by atoms with Crippen molar-refractivity contribution in [3.05, 3.63) is 123 Å². The molecule has 0 saturated heterocycles. The maximum atomic E-state index is 16.1. The van der Waals surface area contributed by atoms with Crippen molar-refractivity contribution in [3.63, 3.8) is 0 Å². The summed E-state index contributed by atoms with van der Waals surface area (Å²) in [7, 11) is -3.81. The lowest BCUT2D eigenvalue weighted by Crippen LogP contribution is -2.42. The molecule has 1 aliphatic rings. The summed E-state index contributed by atoms with van der Waals surface area (Å²) >= 11 is 5.73. The smallest absolute Gasteiger partial charge is 0.433 e. The number of carbonyl (C=O) groups is 2. The lowest BCUT2D eigenvalue weighted by Gasteiger charge is -2.33. The molecule has 2 N–H and O–H groups in total. The van der Waals surface area contributed by atoms with Crippen LogP contribution in [0.3, 0.4) is 0 Å². The molecule has 12 nitrogen and oxygen atoms in total. The molecular formula is C35H35ClF2N3O9P. The van der Waals surface area contributed by atoms with Crippen LogP contribution in [0, 0.1) is 10.1 Å². The van der Waals surface area contributed by atoms with Crippen molar-refractivity contribution in [1.82, 2.24) is 9.99 Å². The number of ether oxygens (including phenoxy) is 1. The van der Waals surface area contributed by atoms with Crippen LogP contribution < -0.4 is 5.32 Å². The van der Waals surface area contributed by atoms with Gasteiger partial charge in [-0.15, -0.1) is 11.6 Å². The fourth-order valence-electron chi connectivity index (χ4n) is 5.88. The topological polar surface area (TPSA) is 161 Å². The number of fused-ring (bicyclic) bond motifs is 3. The van der Waals surface area contributed by atoms with Crippen molar-refractivity contribution in [1.29, 1.82) is 0 Å². The Balaban J connectivity index is 1.26. The minimum atomic E-state index is -5.03. The average molecular weight is 746 g/mol. The predicted octanol–water partition coefficient (Wildman–Crippen LogP) is 8.13. The number of carboxylic acids is 1. The van der Waals surface area contributed by atoms with Crippen LogP contribution in [0.4, 0.5) is 19.5 Å². The van der Waals surface area contributed by atoms with Crippen molar-refractivity contribution in [2.45, 2.75) is 43.5 Å². The molecule has 0 fully saturated rings. The van der Waals surface area contributed by atoms with Gasteiger partial charge in [0.15, 0.2) is 0 Å². The summed E-state index contributed by atoms with van der Waals surface area (Å²) in [4.78, 5) is 35.0. The molecule has 0 aliphatic heterocycles. The number of halogens is 3. The number of hydrogen-bond acceptors (Lipinski definition) is 8. The number of nitro groups is 1. The summed E-state index contributed by atoms with van der Waals surface area (Å²) in [6.45, 7) is -0.826. The summed E-state index contributed by atoms with van der Waals surface area (Å²) < 4.78 is 63.0. The number of alkyl halides is 3. The fourth-order valence-corrected chi connectivity index (χ4v) is 8.04. The highest BCUT2D eigenvalue weighted by molar-refractivity contribution is 7.57. The third-order valence-corrected chi connectivity index (χ3v) is 11.4. The van der Waals surface area contributed by atoms with E-state index in [1.165, 1.54) is 25.2 Å². The number of nitrogens with one attached hydrogen (secondary N) is 1. The Morgan fingerprint density at radius 3 is 2.24 bits per heavy atom. The number of carboxylic acid groups (broad SMARTS) is 1. The quantitative estimate of drug-likeness (QED) is 0.0355. The number of aliphatic carboxylic acids is 1. The van der Waals surface area contributed by atoms with E-state index in [9.17, 15) is 29.4 Å². The minimum Gasteiger partial charge on any atom is -0.480 e. The number of furan rings is 1. The number of hydrogen-bond donors (Lipinski definition) is 2. The Morgan fingerprint density at radius 1 is 1.04 bits per heavy atom. The van der Waals surface area contributed by atoms with E-state index in [1.54, 1.807) is 0 Å². The number of rotatable bonds is 17. The van der Waals surface area contributed by atoms with Crippen molar-refractivity contribution >= 4 is 37.1 Å². The SMILES string of the molecule is CN(CCCCCl)P(=O)(OCc1ccc([N+](=O)[O-])o1)C(F)(F)c1ccc(C[C@H](NC(=O)OCC2c3ccccc3-c3ccccc32)C(=O)O)cc1. The molecule has 51 heavy (non-hydrogen) atoms. The number of nitrogens with zero attached hydrogens (tertiary/aromatic N) is 2. The Kier molecular flexibility index (Phi) is 11.9. The lowest BCUT2D eigenvalue weighted by atomic mass is 9.98. The van der Waals surface area contributed by atoms with Crippen molar-refractivity contribution in [2.24, 2.45) is 0 Å². The van der Waals surface area contributed by atoms with Crippen LogP contribution in [0.25, 0.3) is 11.1 Å². The Morgan fingerprint density at radius 2 is 1.67 bits per heavy atom. The molecule has 4 aromatic rings. The maximum Gasteiger partial charge on any atom is 0.433 e. The molecule has 1 unspecified atom stereocenters. The van der Waals surface area contributed by atoms with Gasteiger partial charge in [0.2, 0.25) is 0 Å². The van der Waals surface area contributed by atoms with Gasteiger partial charge in [0.05, 0.1) is 6.07 Å². The zero-order valence-electron chi connectivity index (χ0n) is 27.4. The van der Waals surface area contributed by atoms with Crippen LogP contribution in [-0.2, 0) is 37.3 Å². The highest BCUT2D eigenvalue weighted by Gasteiger charge is 2.56. The Labute approximate surface area is 297 Å². The summed E-state index contributed by atoms with van der Waals surface area (Å²) in [5, 5.41) is 23.2. The Bertz CT molecular complexity index is 1880. The van der Waals surface area contributed by atoms with E-state index in [0.717, 1.165) is 45.1 Å². The normalized spacial score (nSPS) is 14.4. The first-order valence-electron chi connectivity index (χ1n) is 15.9. The summed E-state index contributed by atoms with van der Waals surface area (Å²) in [6.07, 6.45) is -0.424. The zero-order chi connectivity index (χ0) is 36.8. The fraction of sp³-hybridized carbons (Fsp3) is 0.314. The van der Waals surface area contributed by atoms with E-state index < -0.39 is 54.3 Å². The molecule has 0 saturated carbocycles. The van der Waals surface area contributed by atoms with E-state index in [2.05, 4.69) is 5.32 Å². The molecule has 2 atom stereocenters. The van der Waals surface area contributed by atoms with Gasteiger partial charge in [-0.3, -0.25) is 14.7 Å². The van der Waals surface area contributed by atoms with Crippen LogP contribution in [0.15, 0.2) is 89.3 Å². The van der Waals surface area contributed by atoms with Crippen LogP contribution in [0.2, 0.25) is 0 Å². The van der Waals surface area contributed by atoms with Gasteiger partial charge in [-0.2, -0.15) is 8.78 Å². The molecule has 1 aliphatic carbocycles. The third-order valence-electron chi connectivity index (χ3n) is 8.55. The number of unbranched alkanes of at least 4 members (excludes halogenated alkanes) is 1. The van der Waals surface area contributed by atoms with Crippen LogP contribution >= 0.6 is 19.1 Å². The van der Waals surface area contributed by atoms with Gasteiger partial charge in [-0.05, 0) is 53.8 Å². The largest absolute Gasteiger partial charge is 0.480 e. The van der Waals surface area contributed by atoms with E-state index in [0.29, 0.717) is 12.8 Å². The first-order chi connectivity index (χ1) is 24.4. The van der Waals surface area contributed by atoms with Crippen LogP contribution in [-0.4, -0.2) is 58.9 Å². The Hall–Kier alpha value is -4.62. The molecule has 1 aromatic heterocycles. The van der Waals surface area contributed by atoms with Gasteiger partial charge in [0, 0.05) is 30.3 Å². The van der Waals surface area contributed by atoms with Crippen LogP contribution in [0.1, 0.15) is 46.8 Å². The highest BCUT2D eigenvalue weighted by atomic mass is 35.5. The molecule has 0 spiro atoms. The zero-order valence-corrected chi connectivity index (χ0v) is 29.0.